The van der Waals surface area contributed by atoms with Gasteiger partial charge in [-0.3, -0.25) is 0 Å². The van der Waals surface area contributed by atoms with Crippen LogP contribution in [-0.4, -0.2) is 41.8 Å². The van der Waals surface area contributed by atoms with Crippen molar-refractivity contribution >= 4 is 17.7 Å². The largest absolute Gasteiger partial charge is 0.504 e. The highest BCUT2D eigenvalue weighted by Gasteiger charge is 2.22. The Balaban J connectivity index is 2.01. The van der Waals surface area contributed by atoms with Crippen LogP contribution >= 0.6 is 11.8 Å². The Bertz CT molecular complexity index is 564. The van der Waals surface area contributed by atoms with Crippen molar-refractivity contribution in [1.29, 1.82) is 0 Å². The summed E-state index contributed by atoms with van der Waals surface area (Å²) in [7, 11) is 1.56. The van der Waals surface area contributed by atoms with E-state index in [1.54, 1.807) is 13.2 Å². The third-order valence-corrected chi connectivity index (χ3v) is 5.66. The molecule has 0 amide bonds. The van der Waals surface area contributed by atoms with Crippen molar-refractivity contribution in [2.45, 2.75) is 57.4 Å². The molecule has 1 aliphatic rings. The van der Waals surface area contributed by atoms with Crippen LogP contribution in [-0.2, 0) is 6.54 Å². The topological polar surface area (TPSA) is 65.9 Å². The van der Waals surface area contributed by atoms with Gasteiger partial charge in [0.25, 0.3) is 0 Å². The Morgan fingerprint density at radius 3 is 2.92 bits per heavy atom. The van der Waals surface area contributed by atoms with E-state index in [1.165, 1.54) is 31.4 Å². The molecule has 6 heteroatoms. The maximum Gasteiger partial charge on any atom is 0.191 e. The Morgan fingerprint density at radius 2 is 2.20 bits per heavy atom. The van der Waals surface area contributed by atoms with Crippen LogP contribution in [0.4, 0.5) is 0 Å². The van der Waals surface area contributed by atoms with Gasteiger partial charge in [-0.05, 0) is 38.0 Å². The number of guanidine groups is 1. The second kappa shape index (κ2) is 10.4. The van der Waals surface area contributed by atoms with Gasteiger partial charge in [-0.25, -0.2) is 4.99 Å². The summed E-state index contributed by atoms with van der Waals surface area (Å²) < 4.78 is 5.16. The van der Waals surface area contributed by atoms with Gasteiger partial charge in [-0.2, -0.15) is 11.8 Å². The SMILES string of the molecule is CCNC(=NCc1cccc(OC)c1O)NC1CCCC(SCC)C1. The second-order valence-corrected chi connectivity index (χ2v) is 7.83. The van der Waals surface area contributed by atoms with Crippen molar-refractivity contribution < 1.29 is 9.84 Å². The van der Waals surface area contributed by atoms with Gasteiger partial charge in [-0.1, -0.05) is 25.5 Å². The number of rotatable bonds is 7. The average molecular weight is 366 g/mol. The van der Waals surface area contributed by atoms with E-state index >= 15 is 0 Å². The molecule has 0 saturated heterocycles. The van der Waals surface area contributed by atoms with Crippen molar-refractivity contribution in [3.8, 4) is 11.5 Å². The Labute approximate surface area is 155 Å². The molecule has 1 fully saturated rings. The molecular formula is C19H31N3O2S. The van der Waals surface area contributed by atoms with E-state index in [9.17, 15) is 5.11 Å². The maximum atomic E-state index is 10.2. The summed E-state index contributed by atoms with van der Waals surface area (Å²) in [5, 5.41) is 17.9. The van der Waals surface area contributed by atoms with Crippen LogP contribution < -0.4 is 15.4 Å². The Hall–Kier alpha value is -1.56. The molecule has 5 nitrogen and oxygen atoms in total. The lowest BCUT2D eigenvalue weighted by Gasteiger charge is -2.30. The first kappa shape index (κ1) is 19.8. The molecule has 3 N–H and O–H groups in total. The van der Waals surface area contributed by atoms with Crippen molar-refractivity contribution in [3.05, 3.63) is 23.8 Å². The third kappa shape index (κ3) is 6.03. The molecule has 0 spiro atoms. The number of benzene rings is 1. The number of methoxy groups -OCH3 is 1. The summed E-state index contributed by atoms with van der Waals surface area (Å²) in [5.74, 6) is 2.65. The van der Waals surface area contributed by atoms with Crippen LogP contribution in [0, 0.1) is 0 Å². The zero-order chi connectivity index (χ0) is 18.1. The summed E-state index contributed by atoms with van der Waals surface area (Å²) in [5.41, 5.74) is 0.764. The molecule has 2 atom stereocenters. The van der Waals surface area contributed by atoms with Gasteiger partial charge in [0, 0.05) is 23.4 Å². The first-order valence-corrected chi connectivity index (χ1v) is 10.2. The molecule has 0 bridgehead atoms. The number of aliphatic imine (C=N–C) groups is 1. The minimum atomic E-state index is 0.168. The van der Waals surface area contributed by atoms with Gasteiger partial charge in [0.15, 0.2) is 17.5 Å². The normalized spacial score (nSPS) is 21.0. The van der Waals surface area contributed by atoms with Crippen molar-refractivity contribution in [2.24, 2.45) is 4.99 Å². The molecule has 1 aromatic rings. The molecule has 1 aliphatic carbocycles. The van der Waals surface area contributed by atoms with Crippen LogP contribution in [0.5, 0.6) is 11.5 Å². The fourth-order valence-electron chi connectivity index (χ4n) is 3.20. The maximum absolute atomic E-state index is 10.2. The lowest BCUT2D eigenvalue weighted by Crippen LogP contribution is -2.45. The predicted molar refractivity (Wildman–Crippen MR) is 107 cm³/mol. The van der Waals surface area contributed by atoms with Gasteiger partial charge >= 0.3 is 0 Å². The molecule has 0 aromatic heterocycles. The fraction of sp³-hybridized carbons (Fsp3) is 0.632. The molecule has 0 radical (unpaired) electrons. The average Bonchev–Trinajstić information content (AvgIpc) is 2.61. The van der Waals surface area contributed by atoms with Gasteiger partial charge in [-0.15, -0.1) is 0 Å². The molecule has 2 unspecified atom stereocenters. The minimum absolute atomic E-state index is 0.168. The van der Waals surface area contributed by atoms with E-state index in [4.69, 9.17) is 4.74 Å². The van der Waals surface area contributed by atoms with Gasteiger partial charge in [0.1, 0.15) is 0 Å². The standard InChI is InChI=1S/C19H31N3O2S/c1-4-20-19(22-15-9-7-10-16(12-15)25-5-2)21-13-14-8-6-11-17(24-3)18(14)23/h6,8,11,15-16,23H,4-5,7,9-10,12-13H2,1-3H3,(H2,20,21,22). The van der Waals surface area contributed by atoms with E-state index in [0.717, 1.165) is 23.3 Å². The van der Waals surface area contributed by atoms with Crippen LogP contribution in [0.2, 0.25) is 0 Å². The van der Waals surface area contributed by atoms with Gasteiger partial charge < -0.3 is 20.5 Å². The highest BCUT2D eigenvalue weighted by atomic mass is 32.2. The number of phenols is 1. The summed E-state index contributed by atoms with van der Waals surface area (Å²) in [6, 6.07) is 5.96. The number of hydrogen-bond donors (Lipinski definition) is 3. The molecule has 1 saturated carbocycles. The molecule has 0 aliphatic heterocycles. The van der Waals surface area contributed by atoms with E-state index in [1.807, 2.05) is 12.1 Å². The van der Waals surface area contributed by atoms with Gasteiger partial charge in [0.2, 0.25) is 0 Å². The van der Waals surface area contributed by atoms with Crippen molar-refractivity contribution in [2.75, 3.05) is 19.4 Å². The number of nitrogens with one attached hydrogen (secondary N) is 2. The molecule has 0 heterocycles. The molecular weight excluding hydrogens is 334 g/mol. The van der Waals surface area contributed by atoms with Crippen molar-refractivity contribution in [3.63, 3.8) is 0 Å². The zero-order valence-electron chi connectivity index (χ0n) is 15.5. The number of hydrogen-bond acceptors (Lipinski definition) is 4. The fourth-order valence-corrected chi connectivity index (χ4v) is 4.37. The lowest BCUT2D eigenvalue weighted by atomic mass is 9.95. The Morgan fingerprint density at radius 1 is 1.36 bits per heavy atom. The minimum Gasteiger partial charge on any atom is -0.504 e. The number of thioether (sulfide) groups is 1. The van der Waals surface area contributed by atoms with Gasteiger partial charge in [0.05, 0.1) is 13.7 Å². The number of nitrogens with zero attached hydrogens (tertiary/aromatic N) is 1. The zero-order valence-corrected chi connectivity index (χ0v) is 16.4. The summed E-state index contributed by atoms with van der Waals surface area (Å²) in [6.07, 6.45) is 4.97. The molecule has 140 valence electrons. The van der Waals surface area contributed by atoms with Crippen LogP contribution in [0.1, 0.15) is 45.1 Å². The second-order valence-electron chi connectivity index (χ2n) is 6.25. The summed E-state index contributed by atoms with van der Waals surface area (Å²) in [4.78, 5) is 4.66. The molecule has 2 rings (SSSR count). The van der Waals surface area contributed by atoms with E-state index in [-0.39, 0.29) is 5.75 Å². The summed E-state index contributed by atoms with van der Waals surface area (Å²) in [6.45, 7) is 5.53. The van der Waals surface area contributed by atoms with Crippen LogP contribution in [0.25, 0.3) is 0 Å². The first-order valence-electron chi connectivity index (χ1n) is 9.19. The first-order chi connectivity index (χ1) is 12.2. The van der Waals surface area contributed by atoms with Crippen LogP contribution in [0.3, 0.4) is 0 Å². The van der Waals surface area contributed by atoms with E-state index in [0.29, 0.717) is 18.3 Å². The number of para-hydroxylation sites is 1. The molecule has 25 heavy (non-hydrogen) atoms. The molecule has 1 aromatic carbocycles. The van der Waals surface area contributed by atoms with E-state index < -0.39 is 0 Å². The quantitative estimate of drug-likeness (QED) is 0.510. The number of aromatic hydroxyl groups is 1. The smallest absolute Gasteiger partial charge is 0.191 e. The third-order valence-electron chi connectivity index (χ3n) is 4.42. The van der Waals surface area contributed by atoms with Crippen LogP contribution in [0.15, 0.2) is 23.2 Å². The highest BCUT2D eigenvalue weighted by Crippen LogP contribution is 2.30. The predicted octanol–water partition coefficient (Wildman–Crippen LogP) is 3.52. The van der Waals surface area contributed by atoms with Crippen molar-refractivity contribution in [1.82, 2.24) is 10.6 Å². The number of ether oxygens (including phenoxy) is 1. The number of phenolic OH excluding ortho intramolecular Hbond substituents is 1. The highest BCUT2D eigenvalue weighted by molar-refractivity contribution is 7.99. The monoisotopic (exact) mass is 365 g/mol. The van der Waals surface area contributed by atoms with E-state index in [2.05, 4.69) is 41.2 Å². The lowest BCUT2D eigenvalue weighted by molar-refractivity contribution is 0.370. The summed E-state index contributed by atoms with van der Waals surface area (Å²) >= 11 is 2.07. The Kier molecular flexibility index (Phi) is 8.25.